The second-order valence-electron chi connectivity index (χ2n) is 27.1. The maximum Gasteiger partial charge on any atom is 0.326 e. The lowest BCUT2D eigenvalue weighted by Gasteiger charge is -2.29. The second kappa shape index (κ2) is 55.5. The molecule has 0 aromatic rings. The molecule has 0 fully saturated rings. The number of aliphatic carboxylic acids is 7. The van der Waals surface area contributed by atoms with Crippen molar-refractivity contribution in [3.8, 4) is 0 Å². The number of carbonyl (C=O) groups excluding carboxylic acids is 16. The van der Waals surface area contributed by atoms with Gasteiger partial charge >= 0.3 is 41.8 Å². The minimum Gasteiger partial charge on any atom is -0.481 e. The molecule has 0 saturated heterocycles. The van der Waals surface area contributed by atoms with E-state index in [0.717, 1.165) is 20.8 Å². The number of carbonyl (C=O) groups is 23. The van der Waals surface area contributed by atoms with Gasteiger partial charge in [0.2, 0.25) is 94.5 Å². The fourth-order valence-corrected chi connectivity index (χ4v) is 10.5. The maximum absolute atomic E-state index is 14.1. The Labute approximate surface area is 686 Å². The van der Waals surface area contributed by atoms with Crippen LogP contribution in [0.3, 0.4) is 0 Å². The Kier molecular flexibility index (Phi) is 49.5. The van der Waals surface area contributed by atoms with Gasteiger partial charge in [-0.15, -0.1) is 0 Å². The van der Waals surface area contributed by atoms with Crippen LogP contribution < -0.4 is 108 Å². The fraction of sp³-hybridized carbons (Fsp3) is 0.636. The summed E-state index contributed by atoms with van der Waals surface area (Å²) in [5.74, 6) is -34.7. The number of guanidine groups is 1. The van der Waals surface area contributed by atoms with Gasteiger partial charge in [-0.05, 0) is 91.5 Å². The minimum absolute atomic E-state index is 0.0305. The van der Waals surface area contributed by atoms with Crippen molar-refractivity contribution in [3.05, 3.63) is 0 Å². The zero-order valence-electron chi connectivity index (χ0n) is 65.6. The molecule has 0 aromatic carbocycles. The fourth-order valence-electron chi connectivity index (χ4n) is 10.5. The van der Waals surface area contributed by atoms with E-state index in [-0.39, 0.29) is 45.2 Å². The molecular formula is C66H107N21O34. The van der Waals surface area contributed by atoms with Gasteiger partial charge in [-0.25, -0.2) is 4.79 Å². The van der Waals surface area contributed by atoms with Crippen molar-refractivity contribution in [1.29, 1.82) is 5.41 Å². The number of carboxylic acid groups (broad SMARTS) is 7. The van der Waals surface area contributed by atoms with Crippen molar-refractivity contribution in [2.24, 2.45) is 28.7 Å². The third-order valence-electron chi connectivity index (χ3n) is 16.8. The van der Waals surface area contributed by atoms with Gasteiger partial charge in [-0.3, -0.25) is 111 Å². The van der Waals surface area contributed by atoms with Crippen molar-refractivity contribution in [2.45, 2.75) is 239 Å². The van der Waals surface area contributed by atoms with Crippen LogP contribution in [-0.4, -0.2) is 328 Å². The van der Waals surface area contributed by atoms with Crippen molar-refractivity contribution in [3.63, 3.8) is 0 Å². The van der Waals surface area contributed by atoms with Crippen molar-refractivity contribution in [2.75, 3.05) is 26.2 Å². The van der Waals surface area contributed by atoms with Crippen LogP contribution in [-0.2, 0) is 110 Å². The Morgan fingerprint density at radius 2 is 0.587 bits per heavy atom. The molecule has 121 heavy (non-hydrogen) atoms. The molecule has 55 nitrogen and oxygen atoms in total. The predicted molar refractivity (Wildman–Crippen MR) is 402 cm³/mol. The van der Waals surface area contributed by atoms with Gasteiger partial charge < -0.3 is 165 Å². The van der Waals surface area contributed by atoms with Crippen LogP contribution in [0.1, 0.15) is 136 Å². The van der Waals surface area contributed by atoms with Gasteiger partial charge in [0.15, 0.2) is 5.96 Å². The predicted octanol–water partition coefficient (Wildman–Crippen LogP) is -15.1. The molecule has 0 saturated carbocycles. The van der Waals surface area contributed by atoms with Crippen LogP contribution in [0.5, 0.6) is 0 Å². The van der Waals surface area contributed by atoms with Gasteiger partial charge in [-0.2, -0.15) is 0 Å². The lowest BCUT2D eigenvalue weighted by Crippen LogP contribution is -2.62. The van der Waals surface area contributed by atoms with E-state index in [2.05, 4.69) is 26.6 Å². The highest BCUT2D eigenvalue weighted by Gasteiger charge is 2.40. The number of nitrogens with two attached hydrogens (primary N) is 5. The molecule has 0 spiro atoms. The highest BCUT2D eigenvalue weighted by Crippen LogP contribution is 2.13. The number of nitrogens with one attached hydrogen (secondary N) is 16. The van der Waals surface area contributed by atoms with Gasteiger partial charge in [0.1, 0.15) is 84.6 Å². The van der Waals surface area contributed by atoms with Crippen LogP contribution in [0.4, 0.5) is 0 Å². The highest BCUT2D eigenvalue weighted by atomic mass is 16.4. The van der Waals surface area contributed by atoms with E-state index >= 15 is 0 Å². The number of primary amides is 2. The first kappa shape index (κ1) is 108. The Hall–Kier alpha value is -13.2. The van der Waals surface area contributed by atoms with Gasteiger partial charge in [0.05, 0.1) is 50.7 Å². The smallest absolute Gasteiger partial charge is 0.326 e. The summed E-state index contributed by atoms with van der Waals surface area (Å²) in [6, 6.07) is -28.3. The molecule has 17 atom stereocenters. The van der Waals surface area contributed by atoms with E-state index in [9.17, 15) is 166 Å². The Morgan fingerprint density at radius 1 is 0.314 bits per heavy atom. The van der Waals surface area contributed by atoms with Gasteiger partial charge in [-0.1, -0.05) is 0 Å². The summed E-state index contributed by atoms with van der Waals surface area (Å²) in [6.45, 7) is 0.774. The number of amides is 16. The number of carboxylic acids is 7. The van der Waals surface area contributed by atoms with E-state index in [4.69, 9.17) is 34.1 Å². The van der Waals surface area contributed by atoms with Crippen LogP contribution in [0.15, 0.2) is 0 Å². The quantitative estimate of drug-likeness (QED) is 0.0153. The van der Waals surface area contributed by atoms with E-state index in [1.807, 2.05) is 53.2 Å². The third kappa shape index (κ3) is 44.3. The molecule has 0 radical (unpaired) electrons. The largest absolute Gasteiger partial charge is 0.481 e. The molecule has 37 N–H and O–H groups in total. The van der Waals surface area contributed by atoms with Crippen LogP contribution in [0.25, 0.3) is 0 Å². The summed E-state index contributed by atoms with van der Waals surface area (Å²) in [5, 5.41) is 147. The summed E-state index contributed by atoms with van der Waals surface area (Å²) in [6.07, 6.45) is -19.0. The molecule has 0 heterocycles. The van der Waals surface area contributed by atoms with Crippen LogP contribution in [0.2, 0.25) is 0 Å². The summed E-state index contributed by atoms with van der Waals surface area (Å²) in [7, 11) is 0. The molecule has 0 aromatic heterocycles. The number of rotatable bonds is 62. The van der Waals surface area contributed by atoms with E-state index in [1.165, 1.54) is 0 Å². The number of aliphatic hydroxyl groups excluding tert-OH is 4. The molecule has 0 rings (SSSR count). The average Bonchev–Trinajstić information content (AvgIpc) is 0.850. The Balaban J connectivity index is 7.04. The minimum atomic E-state index is -2.35. The van der Waals surface area contributed by atoms with E-state index in [0.29, 0.717) is 0 Å². The summed E-state index contributed by atoms with van der Waals surface area (Å²) >= 11 is 0. The monoisotopic (exact) mass is 1740 g/mol. The van der Waals surface area contributed by atoms with Gasteiger partial charge in [0, 0.05) is 38.6 Å². The number of hydrogen-bond acceptors (Lipinski definition) is 30. The zero-order valence-corrected chi connectivity index (χ0v) is 65.6. The molecule has 16 amide bonds. The molecule has 55 heteroatoms. The van der Waals surface area contributed by atoms with Crippen LogP contribution >= 0.6 is 0 Å². The summed E-state index contributed by atoms with van der Waals surface area (Å²) in [4.78, 5) is 298. The topological polar surface area (TPSA) is 950 Å². The molecule has 0 bridgehead atoms. The Bertz CT molecular complexity index is 3720. The van der Waals surface area contributed by atoms with Crippen molar-refractivity contribution < 1.29 is 166 Å². The highest BCUT2D eigenvalue weighted by molar-refractivity contribution is 6.02. The summed E-state index contributed by atoms with van der Waals surface area (Å²) in [5.41, 5.74) is 27.0. The molecule has 0 unspecified atom stereocenters. The van der Waals surface area contributed by atoms with E-state index in [1.54, 1.807) is 0 Å². The second-order valence-corrected chi connectivity index (χ2v) is 27.1. The van der Waals surface area contributed by atoms with Crippen LogP contribution in [0, 0.1) is 5.41 Å². The first-order valence-electron chi connectivity index (χ1n) is 36.9. The molecule has 0 aliphatic heterocycles. The molecule has 0 aliphatic carbocycles. The zero-order chi connectivity index (χ0) is 92.8. The first-order valence-corrected chi connectivity index (χ1v) is 36.9. The molecule has 680 valence electrons. The lowest BCUT2D eigenvalue weighted by molar-refractivity contribution is -0.144. The average molecular weight is 1740 g/mol. The number of hydrogen-bond donors (Lipinski definition) is 32. The normalized spacial score (nSPS) is 15.1. The number of aliphatic hydroxyl groups is 4. The third-order valence-corrected chi connectivity index (χ3v) is 16.8. The summed E-state index contributed by atoms with van der Waals surface area (Å²) < 4.78 is 0. The first-order chi connectivity index (χ1) is 56.3. The van der Waals surface area contributed by atoms with Crippen molar-refractivity contribution in [1.82, 2.24) is 79.8 Å². The Morgan fingerprint density at radius 3 is 0.901 bits per heavy atom. The molecular weight excluding hydrogens is 1630 g/mol. The standard InChI is InChI=1S/C66H107N21O34/c1-26(89)49(86-61(116)37(21-40(69)92)82-54(109)30(7-4-5-19-67)76-53(108)31(8-6-20-73-66(71)72)75-52(107)29(68)25-88)62(117)74-24-42(94)85-50(27(2)90)63(118)80-34(11-16-45(99)100)56(111)78-36(13-18-47(103)104)59(114)87-51(28(3)91)64(119)81-35(12-17-46(101)102)55(110)77-32(9-14-43(95)96)57(112)83-38(23-48(105)106)60(115)79-33(10-15-44(97)98)58(113)84-39(65(120)121)22-41(70)93/h26-39,49-51,88-91H,4-25,67-68H2,1-3H3,(H2,69,92)(H2,70,93)(H,74,117)(H,75,107)(H,76,108)(H,77,110)(H,78,111)(H,79,115)(H,80,118)(H,81,119)(H,82,109)(H,83,112)(H,84,113)(H,85,94)(H,86,116)(H,87,114)(H,95,96)(H,97,98)(H,99,100)(H,101,102)(H,103,104)(H,105,106)(H,120,121)(H4,71,72,73)/t26-,27-,28-,29+,30+,31+,32+,33+,34+,35+,36+,37+,38+,39+,49+,50+,51+/m1/s1. The van der Waals surface area contributed by atoms with Gasteiger partial charge in [0.25, 0.3) is 0 Å². The van der Waals surface area contributed by atoms with E-state index < -0.39 is 342 Å². The molecule has 0 aliphatic rings. The lowest BCUT2D eigenvalue weighted by atomic mass is 10.0. The van der Waals surface area contributed by atoms with Crippen molar-refractivity contribution >= 4 is 142 Å². The number of unbranched alkanes of at least 4 members (excludes halogenated alkanes) is 1. The maximum atomic E-state index is 14.1. The SMILES string of the molecule is C[C@@H](O)[C@H](NC(=O)CNC(=O)[C@@H](NC(=O)[C@H](CC(N)=O)NC(=O)[C@H](CCCCN)NC(=O)[C@H](CCCNC(=N)N)NC(=O)[C@@H](N)CO)[C@@H](C)O)C(=O)N[C@@H](CCC(=O)O)C(=O)N[C@@H](CCC(=O)O)C(=O)N[C@H](C(=O)N[C@@H](CCC(=O)O)C(=O)N[C@@H](CCC(=O)O)C(=O)N[C@@H](CC(=O)O)C(=O)N[C@@H](CCC(=O)O)C(=O)N[C@@H](CC(N)=O)C(=O)O)[C@@H](C)O.